The van der Waals surface area contributed by atoms with E-state index in [1.807, 2.05) is 0 Å². The van der Waals surface area contributed by atoms with E-state index in [1.165, 1.54) is 41.7 Å². The Balaban J connectivity index is 0.00000114. The normalized spacial score (nSPS) is 22.9. The highest BCUT2D eigenvalue weighted by Gasteiger charge is 2.66. The highest BCUT2D eigenvalue weighted by Crippen LogP contribution is 2.47. The summed E-state index contributed by atoms with van der Waals surface area (Å²) < 4.78 is 41.4. The van der Waals surface area contributed by atoms with Crippen molar-refractivity contribution >= 4 is 17.4 Å². The number of rotatable bonds is 4. The minimum atomic E-state index is -5.36. The maximum Gasteiger partial charge on any atom is 0.437 e. The third-order valence-corrected chi connectivity index (χ3v) is 4.87. The van der Waals surface area contributed by atoms with Crippen molar-refractivity contribution in [1.29, 1.82) is 0 Å². The third-order valence-electron chi connectivity index (χ3n) is 4.87. The summed E-state index contributed by atoms with van der Waals surface area (Å²) >= 11 is 0. The zero-order valence-corrected chi connectivity index (χ0v) is 16.9. The summed E-state index contributed by atoms with van der Waals surface area (Å²) in [4.78, 5) is 35.4. The van der Waals surface area contributed by atoms with Gasteiger partial charge in [-0.2, -0.15) is 13.2 Å². The number of benzene rings is 2. The number of Topliss-reactive ketones (excluding diaryl/α,β-unsaturated/α-hetero) is 1. The Morgan fingerprint density at radius 3 is 2.34 bits per heavy atom. The second-order valence-electron chi connectivity index (χ2n) is 7.00. The highest BCUT2D eigenvalue weighted by molar-refractivity contribution is 6.00. The number of aliphatic hydroxyl groups is 2. The number of non-ortho nitro benzene ring substituents is 1. The molecule has 3 N–H and O–H groups in total. The molecule has 1 heterocycles. The summed E-state index contributed by atoms with van der Waals surface area (Å²) in [5.74, 6) is -5.73. The summed E-state index contributed by atoms with van der Waals surface area (Å²) in [5.41, 5.74) is -4.35. The van der Waals surface area contributed by atoms with Gasteiger partial charge in [-0.3, -0.25) is 19.7 Å². The van der Waals surface area contributed by atoms with Crippen LogP contribution in [0, 0.1) is 16.0 Å². The van der Waals surface area contributed by atoms with Gasteiger partial charge in [0.05, 0.1) is 10.8 Å². The van der Waals surface area contributed by atoms with Gasteiger partial charge in [-0.15, -0.1) is 0 Å². The third kappa shape index (κ3) is 5.11. The maximum absolute atomic E-state index is 13.8. The second kappa shape index (κ2) is 9.88. The van der Waals surface area contributed by atoms with E-state index in [1.54, 1.807) is 13.0 Å². The molecule has 1 aliphatic heterocycles. The van der Waals surface area contributed by atoms with E-state index in [9.17, 15) is 38.0 Å². The van der Waals surface area contributed by atoms with Crippen molar-refractivity contribution in [2.75, 3.05) is 6.61 Å². The van der Waals surface area contributed by atoms with E-state index in [0.717, 1.165) is 12.1 Å². The van der Waals surface area contributed by atoms with Crippen molar-refractivity contribution in [3.8, 4) is 0 Å². The molecule has 0 saturated carbocycles. The smallest absolute Gasteiger partial charge is 0.397 e. The van der Waals surface area contributed by atoms with E-state index < -0.39 is 52.5 Å². The first kappa shape index (κ1) is 25.0. The molecule has 8 nitrogen and oxygen atoms in total. The number of carbonyl (C=O) groups excluding carboxylic acids is 2. The summed E-state index contributed by atoms with van der Waals surface area (Å²) in [5, 5.41) is 30.6. The minimum absolute atomic E-state index is 0.0222. The monoisotopic (exact) mass is 454 g/mol. The molecule has 3 atom stereocenters. The second-order valence-corrected chi connectivity index (χ2v) is 7.00. The number of nitro benzene ring substituents is 1. The molecule has 0 aromatic heterocycles. The van der Waals surface area contributed by atoms with Crippen LogP contribution in [0.4, 0.5) is 18.9 Å². The lowest BCUT2D eigenvalue weighted by molar-refractivity contribution is -0.385. The molecule has 172 valence electrons. The van der Waals surface area contributed by atoms with Crippen LogP contribution in [0.5, 0.6) is 0 Å². The number of halogens is 3. The average Bonchev–Trinajstić information content (AvgIpc) is 2.73. The first-order chi connectivity index (χ1) is 15.0. The van der Waals surface area contributed by atoms with Gasteiger partial charge in [-0.25, -0.2) is 0 Å². The molecule has 0 bridgehead atoms. The molecule has 1 saturated heterocycles. The molecule has 2 aromatic carbocycles. The number of alkyl halides is 3. The van der Waals surface area contributed by atoms with Crippen molar-refractivity contribution in [2.45, 2.75) is 31.2 Å². The topological polar surface area (TPSA) is 130 Å². The Kier molecular flexibility index (Phi) is 7.70. The van der Waals surface area contributed by atoms with Crippen LogP contribution in [0.1, 0.15) is 35.2 Å². The molecule has 11 heteroatoms. The van der Waals surface area contributed by atoms with Gasteiger partial charge in [0.15, 0.2) is 5.78 Å². The van der Waals surface area contributed by atoms with Crippen molar-refractivity contribution in [3.05, 3.63) is 75.8 Å². The summed E-state index contributed by atoms with van der Waals surface area (Å²) in [6, 6.07) is 11.7. The molecular weight excluding hydrogens is 433 g/mol. The molecule has 0 aliphatic carbocycles. The Morgan fingerprint density at radius 2 is 1.81 bits per heavy atom. The molecule has 0 spiro atoms. The minimum Gasteiger partial charge on any atom is -0.397 e. The number of hydrogen-bond donors (Lipinski definition) is 3. The van der Waals surface area contributed by atoms with Crippen molar-refractivity contribution in [3.63, 3.8) is 0 Å². The number of hydrogen-bond acceptors (Lipinski definition) is 6. The van der Waals surface area contributed by atoms with E-state index in [2.05, 4.69) is 0 Å². The number of carbonyl (C=O) groups is 2. The van der Waals surface area contributed by atoms with Crippen molar-refractivity contribution < 1.29 is 37.9 Å². The summed E-state index contributed by atoms with van der Waals surface area (Å²) in [7, 11) is 0. The van der Waals surface area contributed by atoms with E-state index >= 15 is 0 Å². The summed E-state index contributed by atoms with van der Waals surface area (Å²) in [6.45, 7) is 1.93. The molecule has 3 rings (SSSR count). The maximum atomic E-state index is 13.8. The van der Waals surface area contributed by atoms with Gasteiger partial charge >= 0.3 is 6.18 Å². The van der Waals surface area contributed by atoms with Crippen molar-refractivity contribution in [2.24, 2.45) is 5.92 Å². The van der Waals surface area contributed by atoms with Crippen LogP contribution >= 0.6 is 0 Å². The quantitative estimate of drug-likeness (QED) is 0.370. The number of piperidine rings is 1. The number of amides is 1. The molecule has 3 unspecified atom stereocenters. The van der Waals surface area contributed by atoms with Crippen LogP contribution in [0.2, 0.25) is 0 Å². The standard InChI is InChI=1S/C19H15F3N2O5.C2H6O/c20-19(21,22)18(27)16(17(26)11-5-2-1-3-6-11)14(10-15(25)23-18)12-7-4-8-13(9-12)24(28)29;1-2-3/h1-9,14,16,27H,10H2,(H,23,25);3H,2H2,1H3. The van der Waals surface area contributed by atoms with Crippen LogP contribution in [-0.4, -0.2) is 45.3 Å². The van der Waals surface area contributed by atoms with Crippen LogP contribution in [0.25, 0.3) is 0 Å². The molecule has 1 amide bonds. The van der Waals surface area contributed by atoms with Gasteiger partial charge in [-0.1, -0.05) is 42.5 Å². The molecule has 2 aromatic rings. The first-order valence-corrected chi connectivity index (χ1v) is 9.50. The largest absolute Gasteiger partial charge is 0.437 e. The predicted octanol–water partition coefficient (Wildman–Crippen LogP) is 2.95. The van der Waals surface area contributed by atoms with Gasteiger partial charge in [0.1, 0.15) is 0 Å². The predicted molar refractivity (Wildman–Crippen MR) is 107 cm³/mol. The van der Waals surface area contributed by atoms with Gasteiger partial charge in [-0.05, 0) is 12.5 Å². The zero-order chi connectivity index (χ0) is 24.1. The van der Waals surface area contributed by atoms with Gasteiger partial charge < -0.3 is 15.5 Å². The van der Waals surface area contributed by atoms with Gasteiger partial charge in [0, 0.05) is 36.6 Å². The fourth-order valence-corrected chi connectivity index (χ4v) is 3.53. The fraction of sp³-hybridized carbons (Fsp3) is 0.333. The highest BCUT2D eigenvalue weighted by atomic mass is 19.4. The molecule has 32 heavy (non-hydrogen) atoms. The number of aliphatic hydroxyl groups excluding tert-OH is 1. The zero-order valence-electron chi connectivity index (χ0n) is 16.9. The van der Waals surface area contributed by atoms with E-state index in [4.69, 9.17) is 5.11 Å². The van der Waals surface area contributed by atoms with Crippen LogP contribution in [-0.2, 0) is 4.79 Å². The van der Waals surface area contributed by atoms with Crippen LogP contribution in [0.3, 0.4) is 0 Å². The number of ketones is 1. The average molecular weight is 454 g/mol. The first-order valence-electron chi connectivity index (χ1n) is 9.50. The number of nitro groups is 1. The summed E-state index contributed by atoms with van der Waals surface area (Å²) in [6.07, 6.45) is -5.92. The SMILES string of the molecule is CCO.O=C1CC(c2cccc([N+](=O)[O-])c2)C(C(=O)c2ccccc2)C(O)(C(F)(F)F)N1. The molecule has 1 fully saturated rings. The van der Waals surface area contributed by atoms with Crippen LogP contribution < -0.4 is 5.32 Å². The lowest BCUT2D eigenvalue weighted by Gasteiger charge is -2.44. The Morgan fingerprint density at radius 1 is 1.22 bits per heavy atom. The number of nitrogens with one attached hydrogen (secondary N) is 1. The van der Waals surface area contributed by atoms with Gasteiger partial charge in [0.25, 0.3) is 5.69 Å². The molecule has 1 aliphatic rings. The fourth-order valence-electron chi connectivity index (χ4n) is 3.53. The lowest BCUT2D eigenvalue weighted by atomic mass is 9.70. The van der Waals surface area contributed by atoms with E-state index in [-0.39, 0.29) is 17.7 Å². The van der Waals surface area contributed by atoms with E-state index in [0.29, 0.717) is 0 Å². The molecule has 0 radical (unpaired) electrons. The van der Waals surface area contributed by atoms with Gasteiger partial charge in [0.2, 0.25) is 11.6 Å². The van der Waals surface area contributed by atoms with Crippen LogP contribution in [0.15, 0.2) is 54.6 Å². The van der Waals surface area contributed by atoms with Crippen molar-refractivity contribution in [1.82, 2.24) is 5.32 Å². The lowest BCUT2D eigenvalue weighted by Crippen LogP contribution is -2.69. The Hall–Kier alpha value is -3.31. The number of nitrogens with zero attached hydrogens (tertiary/aromatic N) is 1. The Labute approximate surface area is 180 Å². The Bertz CT molecular complexity index is 983. The molecular formula is C21H21F3N2O6.